The maximum atomic E-state index is 12.0. The molecule has 1 N–H and O–H groups in total. The van der Waals surface area contributed by atoms with Crippen molar-refractivity contribution in [2.75, 3.05) is 11.6 Å². The first-order chi connectivity index (χ1) is 9.08. The fourth-order valence-electron chi connectivity index (χ4n) is 2.04. The fourth-order valence-corrected chi connectivity index (χ4v) is 3.21. The van der Waals surface area contributed by atoms with Crippen molar-refractivity contribution in [2.45, 2.75) is 25.8 Å². The second kappa shape index (κ2) is 6.10. The van der Waals surface area contributed by atoms with Crippen LogP contribution in [0.5, 0.6) is 0 Å². The number of carbonyl (C=O) groups is 2. The van der Waals surface area contributed by atoms with Crippen LogP contribution in [0, 0.1) is 6.92 Å². The summed E-state index contributed by atoms with van der Waals surface area (Å²) in [4.78, 5) is 24.5. The molecule has 0 saturated carbocycles. The number of hydrogen-bond donors (Lipinski definition) is 1. The van der Waals surface area contributed by atoms with Crippen molar-refractivity contribution in [3.05, 3.63) is 35.4 Å². The van der Waals surface area contributed by atoms with E-state index in [0.29, 0.717) is 24.5 Å². The normalized spacial score (nSPS) is 18.6. The molecule has 1 heterocycles. The van der Waals surface area contributed by atoms with Gasteiger partial charge in [0.15, 0.2) is 0 Å². The Kier molecular flexibility index (Phi) is 4.47. The minimum absolute atomic E-state index is 0.0713. The van der Waals surface area contributed by atoms with Crippen LogP contribution in [0.3, 0.4) is 0 Å². The summed E-state index contributed by atoms with van der Waals surface area (Å²) >= 11 is 1.49. The Morgan fingerprint density at radius 1 is 1.37 bits per heavy atom. The largest absolute Gasteiger partial charge is 0.480 e. The lowest BCUT2D eigenvalue weighted by molar-refractivity contribution is -0.147. The van der Waals surface area contributed by atoms with Gasteiger partial charge in [0.05, 0.1) is 5.88 Å². The highest BCUT2D eigenvalue weighted by Crippen LogP contribution is 2.22. The Morgan fingerprint density at radius 2 is 2.05 bits per heavy atom. The van der Waals surface area contributed by atoms with Gasteiger partial charge < -0.3 is 10.0 Å². The molecule has 1 fully saturated rings. The summed E-state index contributed by atoms with van der Waals surface area (Å²) in [5.41, 5.74) is 2.30. The number of carboxylic acids is 1. The lowest BCUT2D eigenvalue weighted by Gasteiger charge is -2.20. The van der Waals surface area contributed by atoms with E-state index < -0.39 is 12.0 Å². The van der Waals surface area contributed by atoms with Gasteiger partial charge in [0.2, 0.25) is 5.91 Å². The second-order valence-electron chi connectivity index (χ2n) is 4.70. The summed E-state index contributed by atoms with van der Waals surface area (Å²) in [6.45, 7) is 2.02. The van der Waals surface area contributed by atoms with E-state index in [1.807, 2.05) is 31.2 Å². The number of carbonyl (C=O) groups excluding carboxylic acids is 1. The summed E-state index contributed by atoms with van der Waals surface area (Å²) < 4.78 is 0. The number of rotatable bonds is 4. The van der Waals surface area contributed by atoms with Gasteiger partial charge in [-0.2, -0.15) is 0 Å². The van der Waals surface area contributed by atoms with E-state index in [1.165, 1.54) is 22.2 Å². The molecule has 1 aromatic carbocycles. The molecule has 1 atom stereocenters. The van der Waals surface area contributed by atoms with E-state index in [4.69, 9.17) is 5.11 Å². The summed E-state index contributed by atoms with van der Waals surface area (Å²) in [6, 6.07) is 7.40. The maximum absolute atomic E-state index is 12.0. The Balaban J connectivity index is 1.90. The molecule has 0 unspecified atom stereocenters. The third-order valence-corrected chi connectivity index (χ3v) is 4.25. The summed E-state index contributed by atoms with van der Waals surface area (Å²) in [6.07, 6.45) is 1.03. The van der Waals surface area contributed by atoms with E-state index in [2.05, 4.69) is 0 Å². The molecular formula is C14H17NO3S. The third kappa shape index (κ3) is 3.50. The zero-order valence-corrected chi connectivity index (χ0v) is 11.7. The SMILES string of the molecule is Cc1ccc(CCC(=O)N2CSC[C@H]2C(=O)O)cc1. The van der Waals surface area contributed by atoms with Gasteiger partial charge in [-0.15, -0.1) is 11.8 Å². The topological polar surface area (TPSA) is 57.6 Å². The molecule has 1 saturated heterocycles. The second-order valence-corrected chi connectivity index (χ2v) is 5.70. The van der Waals surface area contributed by atoms with Crippen LogP contribution in [-0.2, 0) is 16.0 Å². The van der Waals surface area contributed by atoms with Crippen LogP contribution in [0.2, 0.25) is 0 Å². The molecule has 4 nitrogen and oxygen atoms in total. The van der Waals surface area contributed by atoms with Crippen molar-refractivity contribution < 1.29 is 14.7 Å². The number of aliphatic carboxylic acids is 1. The first kappa shape index (κ1) is 13.9. The van der Waals surface area contributed by atoms with E-state index in [9.17, 15) is 9.59 Å². The Labute approximate surface area is 116 Å². The molecule has 5 heteroatoms. The number of carboxylic acid groups (broad SMARTS) is 1. The van der Waals surface area contributed by atoms with Gasteiger partial charge in [-0.3, -0.25) is 4.79 Å². The van der Waals surface area contributed by atoms with E-state index in [-0.39, 0.29) is 5.91 Å². The van der Waals surface area contributed by atoms with Gasteiger partial charge in [0.1, 0.15) is 6.04 Å². The molecule has 0 aromatic heterocycles. The van der Waals surface area contributed by atoms with Gasteiger partial charge in [-0.1, -0.05) is 29.8 Å². The van der Waals surface area contributed by atoms with E-state index in [1.54, 1.807) is 0 Å². The van der Waals surface area contributed by atoms with Crippen LogP contribution in [0.25, 0.3) is 0 Å². The van der Waals surface area contributed by atoms with Crippen molar-refractivity contribution in [3.8, 4) is 0 Å². The zero-order chi connectivity index (χ0) is 13.8. The number of nitrogens with zero attached hydrogens (tertiary/aromatic N) is 1. The smallest absolute Gasteiger partial charge is 0.327 e. The van der Waals surface area contributed by atoms with E-state index in [0.717, 1.165) is 5.56 Å². The average Bonchev–Trinajstić information content (AvgIpc) is 2.87. The van der Waals surface area contributed by atoms with Crippen molar-refractivity contribution in [1.82, 2.24) is 4.90 Å². The minimum Gasteiger partial charge on any atom is -0.480 e. The maximum Gasteiger partial charge on any atom is 0.327 e. The van der Waals surface area contributed by atoms with Crippen LogP contribution in [0.15, 0.2) is 24.3 Å². The number of hydrogen-bond acceptors (Lipinski definition) is 3. The van der Waals surface area contributed by atoms with Gasteiger partial charge in [-0.05, 0) is 18.9 Å². The molecule has 19 heavy (non-hydrogen) atoms. The molecule has 1 aliphatic rings. The van der Waals surface area contributed by atoms with Crippen molar-refractivity contribution >= 4 is 23.6 Å². The lowest BCUT2D eigenvalue weighted by atomic mass is 10.1. The molecule has 2 rings (SSSR count). The Hall–Kier alpha value is -1.49. The number of aryl methyl sites for hydroxylation is 2. The standard InChI is InChI=1S/C14H17NO3S/c1-10-2-4-11(5-3-10)6-7-13(16)15-9-19-8-12(15)14(17)18/h2-5,12H,6-9H2,1H3,(H,17,18)/t12-/m0/s1. The van der Waals surface area contributed by atoms with Crippen LogP contribution < -0.4 is 0 Å². The van der Waals surface area contributed by atoms with Crippen molar-refractivity contribution in [3.63, 3.8) is 0 Å². The minimum atomic E-state index is -0.909. The van der Waals surface area contributed by atoms with Crippen molar-refractivity contribution in [1.29, 1.82) is 0 Å². The molecule has 102 valence electrons. The molecular weight excluding hydrogens is 262 g/mol. The third-order valence-electron chi connectivity index (χ3n) is 3.24. The summed E-state index contributed by atoms with van der Waals surface area (Å²) in [7, 11) is 0. The molecule has 1 amide bonds. The number of thioether (sulfide) groups is 1. The molecule has 0 bridgehead atoms. The lowest BCUT2D eigenvalue weighted by Crippen LogP contribution is -2.41. The highest BCUT2D eigenvalue weighted by molar-refractivity contribution is 7.99. The fraction of sp³-hybridized carbons (Fsp3) is 0.429. The van der Waals surface area contributed by atoms with Gasteiger partial charge in [0, 0.05) is 12.2 Å². The number of amides is 1. The average molecular weight is 279 g/mol. The van der Waals surface area contributed by atoms with E-state index >= 15 is 0 Å². The number of benzene rings is 1. The summed E-state index contributed by atoms with van der Waals surface area (Å²) in [5.74, 6) is 0.00151. The van der Waals surface area contributed by atoms with Gasteiger partial charge >= 0.3 is 5.97 Å². The van der Waals surface area contributed by atoms with Crippen molar-refractivity contribution in [2.24, 2.45) is 0 Å². The van der Waals surface area contributed by atoms with Crippen LogP contribution in [0.4, 0.5) is 0 Å². The first-order valence-electron chi connectivity index (χ1n) is 6.23. The van der Waals surface area contributed by atoms with Crippen LogP contribution in [-0.4, -0.2) is 39.6 Å². The van der Waals surface area contributed by atoms with Crippen LogP contribution >= 0.6 is 11.8 Å². The van der Waals surface area contributed by atoms with Gasteiger partial charge in [0.25, 0.3) is 0 Å². The Bertz CT molecular complexity index is 472. The highest BCUT2D eigenvalue weighted by atomic mass is 32.2. The molecule has 1 aliphatic heterocycles. The molecule has 0 radical (unpaired) electrons. The molecule has 0 aliphatic carbocycles. The quantitative estimate of drug-likeness (QED) is 0.914. The monoisotopic (exact) mass is 279 g/mol. The molecule has 1 aromatic rings. The first-order valence-corrected chi connectivity index (χ1v) is 7.39. The van der Waals surface area contributed by atoms with Gasteiger partial charge in [-0.25, -0.2) is 4.79 Å². The summed E-state index contributed by atoms with van der Waals surface area (Å²) in [5, 5.41) is 9.04. The highest BCUT2D eigenvalue weighted by Gasteiger charge is 2.33. The van der Waals surface area contributed by atoms with Crippen LogP contribution in [0.1, 0.15) is 17.5 Å². The Morgan fingerprint density at radius 3 is 2.68 bits per heavy atom. The predicted octanol–water partition coefficient (Wildman–Crippen LogP) is 1.91. The zero-order valence-electron chi connectivity index (χ0n) is 10.8. The molecule has 0 spiro atoms. The predicted molar refractivity (Wildman–Crippen MR) is 75.1 cm³/mol.